The van der Waals surface area contributed by atoms with Gasteiger partial charge in [0.25, 0.3) is 0 Å². The van der Waals surface area contributed by atoms with Crippen LogP contribution in [0.25, 0.3) is 0 Å². The van der Waals surface area contributed by atoms with E-state index in [1.54, 1.807) is 0 Å². The zero-order valence-corrected chi connectivity index (χ0v) is 11.5. The van der Waals surface area contributed by atoms with Crippen LogP contribution in [0.15, 0.2) is 18.2 Å². The SMILES string of the molecule is Cc1c(N)cccc1NC(=O)C(C)N1CCOCC1. The number of hydrogen-bond acceptors (Lipinski definition) is 4. The van der Waals surface area contributed by atoms with Gasteiger partial charge in [0.2, 0.25) is 5.91 Å². The minimum atomic E-state index is -0.162. The van der Waals surface area contributed by atoms with E-state index in [9.17, 15) is 4.79 Å². The topological polar surface area (TPSA) is 67.6 Å². The van der Waals surface area contributed by atoms with Gasteiger partial charge < -0.3 is 15.8 Å². The van der Waals surface area contributed by atoms with E-state index in [2.05, 4.69) is 10.2 Å². The number of carbonyl (C=O) groups is 1. The number of benzene rings is 1. The first-order valence-corrected chi connectivity index (χ1v) is 6.57. The van der Waals surface area contributed by atoms with Crippen LogP contribution in [0, 0.1) is 6.92 Å². The van der Waals surface area contributed by atoms with Gasteiger partial charge in [0.1, 0.15) is 0 Å². The lowest BCUT2D eigenvalue weighted by molar-refractivity contribution is -0.122. The third-order valence-corrected chi connectivity index (χ3v) is 3.61. The van der Waals surface area contributed by atoms with Gasteiger partial charge in [0.15, 0.2) is 0 Å². The molecule has 2 rings (SSSR count). The molecule has 1 fully saturated rings. The molecule has 3 N–H and O–H groups in total. The molecule has 1 atom stereocenters. The maximum Gasteiger partial charge on any atom is 0.241 e. The number of nitrogens with one attached hydrogen (secondary N) is 1. The van der Waals surface area contributed by atoms with Crippen molar-refractivity contribution in [1.82, 2.24) is 4.90 Å². The quantitative estimate of drug-likeness (QED) is 0.805. The van der Waals surface area contributed by atoms with Crippen LogP contribution in [0.5, 0.6) is 0 Å². The number of nitrogens with two attached hydrogens (primary N) is 1. The molecule has 19 heavy (non-hydrogen) atoms. The van der Waals surface area contributed by atoms with Gasteiger partial charge in [0.05, 0.1) is 19.3 Å². The Balaban J connectivity index is 2.01. The molecule has 1 aliphatic heterocycles. The molecular formula is C14H21N3O2. The van der Waals surface area contributed by atoms with Crippen LogP contribution in [0.1, 0.15) is 12.5 Å². The summed E-state index contributed by atoms with van der Waals surface area (Å²) < 4.78 is 5.29. The average Bonchev–Trinajstić information content (AvgIpc) is 2.44. The summed E-state index contributed by atoms with van der Waals surface area (Å²) >= 11 is 0. The smallest absolute Gasteiger partial charge is 0.241 e. The fourth-order valence-electron chi connectivity index (χ4n) is 2.16. The molecule has 0 radical (unpaired) electrons. The monoisotopic (exact) mass is 263 g/mol. The summed E-state index contributed by atoms with van der Waals surface area (Å²) in [6, 6.07) is 5.38. The van der Waals surface area contributed by atoms with Crippen molar-refractivity contribution in [1.29, 1.82) is 0 Å². The van der Waals surface area contributed by atoms with Gasteiger partial charge in [-0.3, -0.25) is 9.69 Å². The van der Waals surface area contributed by atoms with Crippen molar-refractivity contribution in [2.24, 2.45) is 0 Å². The number of morpholine rings is 1. The van der Waals surface area contributed by atoms with Crippen molar-refractivity contribution < 1.29 is 9.53 Å². The maximum atomic E-state index is 12.2. The summed E-state index contributed by atoms with van der Waals surface area (Å²) in [6.07, 6.45) is 0. The molecule has 5 nitrogen and oxygen atoms in total. The lowest BCUT2D eigenvalue weighted by Gasteiger charge is -2.31. The Morgan fingerprint density at radius 3 is 2.79 bits per heavy atom. The van der Waals surface area contributed by atoms with Crippen LogP contribution in [-0.4, -0.2) is 43.2 Å². The van der Waals surface area contributed by atoms with Gasteiger partial charge >= 0.3 is 0 Å². The van der Waals surface area contributed by atoms with Gasteiger partial charge in [-0.25, -0.2) is 0 Å². The molecule has 1 unspecified atom stereocenters. The Kier molecular flexibility index (Phi) is 4.39. The molecule has 1 aromatic rings. The minimum absolute atomic E-state index is 0.00407. The van der Waals surface area contributed by atoms with E-state index in [1.807, 2.05) is 32.0 Å². The Bertz CT molecular complexity index is 456. The standard InChI is InChI=1S/C14H21N3O2/c1-10-12(15)4-3-5-13(10)16-14(18)11(2)17-6-8-19-9-7-17/h3-5,11H,6-9,15H2,1-2H3,(H,16,18). The van der Waals surface area contributed by atoms with E-state index >= 15 is 0 Å². The number of amides is 1. The van der Waals surface area contributed by atoms with Crippen molar-refractivity contribution in [3.8, 4) is 0 Å². The highest BCUT2D eigenvalue weighted by atomic mass is 16.5. The highest BCUT2D eigenvalue weighted by molar-refractivity contribution is 5.95. The number of anilines is 2. The van der Waals surface area contributed by atoms with Crippen LogP contribution < -0.4 is 11.1 Å². The third kappa shape index (κ3) is 3.24. The molecule has 104 valence electrons. The second-order valence-corrected chi connectivity index (χ2v) is 4.83. The van der Waals surface area contributed by atoms with Gasteiger partial charge in [-0.15, -0.1) is 0 Å². The zero-order valence-electron chi connectivity index (χ0n) is 11.5. The van der Waals surface area contributed by atoms with Crippen molar-refractivity contribution in [2.75, 3.05) is 37.4 Å². The number of nitrogens with zero attached hydrogens (tertiary/aromatic N) is 1. The molecule has 0 spiro atoms. The molecule has 1 amide bonds. The highest BCUT2D eigenvalue weighted by Gasteiger charge is 2.23. The van der Waals surface area contributed by atoms with Crippen LogP contribution >= 0.6 is 0 Å². The van der Waals surface area contributed by atoms with Crippen molar-refractivity contribution in [3.05, 3.63) is 23.8 Å². The van der Waals surface area contributed by atoms with E-state index < -0.39 is 0 Å². The predicted molar refractivity (Wildman–Crippen MR) is 76.1 cm³/mol. The number of carbonyl (C=O) groups excluding carboxylic acids is 1. The number of nitrogen functional groups attached to an aromatic ring is 1. The fraction of sp³-hybridized carbons (Fsp3) is 0.500. The third-order valence-electron chi connectivity index (χ3n) is 3.61. The van der Waals surface area contributed by atoms with Gasteiger partial charge in [-0.2, -0.15) is 0 Å². The summed E-state index contributed by atoms with van der Waals surface area (Å²) in [7, 11) is 0. The fourth-order valence-corrected chi connectivity index (χ4v) is 2.16. The molecule has 0 aromatic heterocycles. The summed E-state index contributed by atoms with van der Waals surface area (Å²) in [5.41, 5.74) is 8.22. The summed E-state index contributed by atoms with van der Waals surface area (Å²) in [6.45, 7) is 6.80. The largest absolute Gasteiger partial charge is 0.398 e. The van der Waals surface area contributed by atoms with Gasteiger partial charge in [0, 0.05) is 24.5 Å². The molecule has 0 bridgehead atoms. The average molecular weight is 263 g/mol. The number of hydrogen-bond donors (Lipinski definition) is 2. The van der Waals surface area contributed by atoms with Crippen molar-refractivity contribution >= 4 is 17.3 Å². The molecule has 1 aliphatic rings. The first kappa shape index (κ1) is 13.8. The highest BCUT2D eigenvalue weighted by Crippen LogP contribution is 2.21. The van der Waals surface area contributed by atoms with Gasteiger partial charge in [-0.1, -0.05) is 6.07 Å². The van der Waals surface area contributed by atoms with Crippen LogP contribution in [0.3, 0.4) is 0 Å². The minimum Gasteiger partial charge on any atom is -0.398 e. The first-order valence-electron chi connectivity index (χ1n) is 6.57. The second kappa shape index (κ2) is 6.04. The van der Waals surface area contributed by atoms with Crippen molar-refractivity contribution in [2.45, 2.75) is 19.9 Å². The molecule has 5 heteroatoms. The Morgan fingerprint density at radius 2 is 2.11 bits per heavy atom. The lowest BCUT2D eigenvalue weighted by atomic mass is 10.1. The van der Waals surface area contributed by atoms with Crippen LogP contribution in [0.2, 0.25) is 0 Å². The molecular weight excluding hydrogens is 242 g/mol. The van der Waals surface area contributed by atoms with E-state index in [4.69, 9.17) is 10.5 Å². The molecule has 1 aromatic carbocycles. The molecule has 1 saturated heterocycles. The van der Waals surface area contributed by atoms with E-state index in [1.165, 1.54) is 0 Å². The van der Waals surface area contributed by atoms with Crippen LogP contribution in [-0.2, 0) is 9.53 Å². The molecule has 0 aliphatic carbocycles. The Morgan fingerprint density at radius 1 is 1.42 bits per heavy atom. The van der Waals surface area contributed by atoms with Crippen LogP contribution in [0.4, 0.5) is 11.4 Å². The maximum absolute atomic E-state index is 12.2. The summed E-state index contributed by atoms with van der Waals surface area (Å²) in [5.74, 6) is -0.00407. The Labute approximate surface area is 113 Å². The summed E-state index contributed by atoms with van der Waals surface area (Å²) in [5, 5.41) is 2.95. The zero-order chi connectivity index (χ0) is 13.8. The molecule has 1 heterocycles. The van der Waals surface area contributed by atoms with Gasteiger partial charge in [-0.05, 0) is 31.5 Å². The lowest BCUT2D eigenvalue weighted by Crippen LogP contribution is -2.47. The normalized spacial score (nSPS) is 18.0. The Hall–Kier alpha value is -1.59. The second-order valence-electron chi connectivity index (χ2n) is 4.83. The molecule has 0 saturated carbocycles. The number of ether oxygens (including phenoxy) is 1. The van der Waals surface area contributed by atoms with E-state index in [0.29, 0.717) is 18.9 Å². The summed E-state index contributed by atoms with van der Waals surface area (Å²) in [4.78, 5) is 14.4. The van der Waals surface area contributed by atoms with E-state index in [-0.39, 0.29) is 11.9 Å². The predicted octanol–water partition coefficient (Wildman–Crippen LogP) is 1.24. The van der Waals surface area contributed by atoms with E-state index in [0.717, 1.165) is 24.3 Å². The first-order chi connectivity index (χ1) is 9.09. The van der Waals surface area contributed by atoms with Crippen molar-refractivity contribution in [3.63, 3.8) is 0 Å². The number of rotatable bonds is 3.